The highest BCUT2D eigenvalue weighted by Crippen LogP contribution is 2.25. The first-order chi connectivity index (χ1) is 12.3. The smallest absolute Gasteiger partial charge is 0.255 e. The molecule has 27 heavy (non-hydrogen) atoms. The van der Waals surface area contributed by atoms with Crippen molar-refractivity contribution < 1.29 is 4.79 Å². The number of aromatic nitrogens is 3. The molecule has 1 atom stereocenters. The number of halogens is 2. The quantitative estimate of drug-likeness (QED) is 0.724. The molecule has 0 radical (unpaired) electrons. The van der Waals surface area contributed by atoms with Gasteiger partial charge in [-0.15, -0.1) is 35.0 Å². The molecular formula is C19H23Cl2N5O. The van der Waals surface area contributed by atoms with Gasteiger partial charge in [0.05, 0.1) is 11.6 Å². The first kappa shape index (κ1) is 21.2. The second kappa shape index (κ2) is 9.17. The molecule has 0 saturated carbocycles. The predicted octanol–water partition coefficient (Wildman–Crippen LogP) is 2.92. The van der Waals surface area contributed by atoms with Crippen molar-refractivity contribution in [1.82, 2.24) is 24.8 Å². The third-order valence-corrected chi connectivity index (χ3v) is 4.81. The van der Waals surface area contributed by atoms with E-state index in [-0.39, 0.29) is 36.8 Å². The van der Waals surface area contributed by atoms with Crippen LogP contribution in [0.5, 0.6) is 0 Å². The van der Waals surface area contributed by atoms with Gasteiger partial charge in [-0.2, -0.15) is 0 Å². The van der Waals surface area contributed by atoms with Gasteiger partial charge in [-0.1, -0.05) is 31.2 Å². The van der Waals surface area contributed by atoms with Crippen LogP contribution in [0.1, 0.15) is 34.5 Å². The van der Waals surface area contributed by atoms with Crippen LogP contribution in [0.4, 0.5) is 0 Å². The Bertz CT molecular complexity index is 897. The molecule has 0 aliphatic carbocycles. The lowest BCUT2D eigenvalue weighted by molar-refractivity contribution is 0.0634. The summed E-state index contributed by atoms with van der Waals surface area (Å²) in [4.78, 5) is 15.1. The summed E-state index contributed by atoms with van der Waals surface area (Å²) in [5, 5.41) is 11.3. The Kier molecular flexibility index (Phi) is 7.18. The van der Waals surface area contributed by atoms with E-state index >= 15 is 0 Å². The zero-order valence-electron chi connectivity index (χ0n) is 15.0. The fraction of sp³-hybridized carbons (Fsp3) is 0.316. The van der Waals surface area contributed by atoms with Gasteiger partial charge in [-0.05, 0) is 29.7 Å². The Labute approximate surface area is 170 Å². The van der Waals surface area contributed by atoms with E-state index in [1.165, 1.54) is 11.1 Å². The largest absolute Gasteiger partial charge is 0.329 e. The summed E-state index contributed by atoms with van der Waals surface area (Å²) in [5.41, 5.74) is 3.87. The van der Waals surface area contributed by atoms with Gasteiger partial charge in [0.2, 0.25) is 0 Å². The lowest BCUT2D eigenvalue weighted by Gasteiger charge is -2.36. The van der Waals surface area contributed by atoms with Crippen LogP contribution in [0.2, 0.25) is 0 Å². The lowest BCUT2D eigenvalue weighted by Crippen LogP contribution is -2.48. The van der Waals surface area contributed by atoms with Gasteiger partial charge < -0.3 is 10.2 Å². The van der Waals surface area contributed by atoms with Gasteiger partial charge in [0.15, 0.2) is 5.65 Å². The summed E-state index contributed by atoms with van der Waals surface area (Å²) in [5.74, 6) is 0.0432. The van der Waals surface area contributed by atoms with E-state index in [0.29, 0.717) is 12.1 Å². The molecule has 0 spiro atoms. The summed E-state index contributed by atoms with van der Waals surface area (Å²) < 4.78 is 1.78. The maximum Gasteiger partial charge on any atom is 0.255 e. The highest BCUT2D eigenvalue weighted by atomic mass is 35.5. The molecule has 6 nitrogen and oxygen atoms in total. The van der Waals surface area contributed by atoms with Crippen LogP contribution in [0.3, 0.4) is 0 Å². The van der Waals surface area contributed by atoms with Gasteiger partial charge in [-0.25, -0.2) is 0 Å². The molecule has 1 unspecified atom stereocenters. The van der Waals surface area contributed by atoms with Crippen LogP contribution in [-0.2, 0) is 6.42 Å². The van der Waals surface area contributed by atoms with Crippen molar-refractivity contribution >= 4 is 36.4 Å². The maximum absolute atomic E-state index is 13.1. The molecule has 8 heteroatoms. The average molecular weight is 408 g/mol. The Morgan fingerprint density at radius 3 is 2.70 bits per heavy atom. The number of piperazine rings is 1. The van der Waals surface area contributed by atoms with Gasteiger partial charge >= 0.3 is 0 Å². The molecule has 0 bridgehead atoms. The van der Waals surface area contributed by atoms with Gasteiger partial charge in [0, 0.05) is 25.8 Å². The van der Waals surface area contributed by atoms with Gasteiger partial charge in [0.25, 0.3) is 5.91 Å². The fourth-order valence-corrected chi connectivity index (χ4v) is 3.34. The standard InChI is InChI=1S/C19H21N5O.2ClH/c1-2-14-3-5-15(6-4-14)17-11-20-9-10-24(17)19(25)16-7-8-18-22-21-13-23(18)12-16;;/h3-8,12-13,17,20H,2,9-11H2,1H3;2*1H. The minimum atomic E-state index is 0. The van der Waals surface area contributed by atoms with Crippen molar-refractivity contribution in [2.75, 3.05) is 19.6 Å². The SMILES string of the molecule is CCc1ccc(C2CNCCN2C(=O)c2ccc3nncn3c2)cc1.Cl.Cl. The number of nitrogens with zero attached hydrogens (tertiary/aromatic N) is 4. The molecular weight excluding hydrogens is 385 g/mol. The van der Waals surface area contributed by atoms with E-state index in [1.54, 1.807) is 16.9 Å². The first-order valence-electron chi connectivity index (χ1n) is 8.66. The third-order valence-electron chi connectivity index (χ3n) is 4.81. The minimum absolute atomic E-state index is 0. The molecule has 3 aromatic rings. The second-order valence-corrected chi connectivity index (χ2v) is 6.33. The molecule has 144 valence electrons. The molecule has 2 aromatic heterocycles. The van der Waals surface area contributed by atoms with Gasteiger partial charge in [0.1, 0.15) is 6.33 Å². The number of rotatable bonds is 3. The lowest BCUT2D eigenvalue weighted by atomic mass is 10.00. The number of carbonyl (C=O) groups is 1. The van der Waals surface area contributed by atoms with Crippen molar-refractivity contribution in [3.8, 4) is 0 Å². The summed E-state index contributed by atoms with van der Waals surface area (Å²) in [6, 6.07) is 12.3. The Balaban J connectivity index is 0.00000131. The summed E-state index contributed by atoms with van der Waals surface area (Å²) in [6.07, 6.45) is 4.44. The molecule has 1 aliphatic heterocycles. The number of hydrogen-bond donors (Lipinski definition) is 1. The normalized spacial score (nSPS) is 16.5. The molecule has 1 aromatic carbocycles. The summed E-state index contributed by atoms with van der Waals surface area (Å²) >= 11 is 0. The first-order valence-corrected chi connectivity index (χ1v) is 8.66. The highest BCUT2D eigenvalue weighted by molar-refractivity contribution is 5.94. The zero-order valence-corrected chi connectivity index (χ0v) is 16.7. The zero-order chi connectivity index (χ0) is 17.2. The third kappa shape index (κ3) is 4.24. The topological polar surface area (TPSA) is 62.5 Å². The fourth-order valence-electron chi connectivity index (χ4n) is 3.34. The molecule has 3 heterocycles. The highest BCUT2D eigenvalue weighted by Gasteiger charge is 2.28. The minimum Gasteiger partial charge on any atom is -0.329 e. The predicted molar refractivity (Wildman–Crippen MR) is 110 cm³/mol. The number of amides is 1. The van der Waals surface area contributed by atoms with E-state index in [4.69, 9.17) is 0 Å². The van der Waals surface area contributed by atoms with Crippen LogP contribution >= 0.6 is 24.8 Å². The maximum atomic E-state index is 13.1. The number of aryl methyl sites for hydroxylation is 1. The van der Waals surface area contributed by atoms with Crippen molar-refractivity contribution in [3.63, 3.8) is 0 Å². The van der Waals surface area contributed by atoms with E-state index in [0.717, 1.165) is 25.2 Å². The van der Waals surface area contributed by atoms with E-state index < -0.39 is 0 Å². The van der Waals surface area contributed by atoms with Crippen LogP contribution < -0.4 is 5.32 Å². The van der Waals surface area contributed by atoms with Gasteiger partial charge in [-0.3, -0.25) is 9.20 Å². The number of nitrogens with one attached hydrogen (secondary N) is 1. The molecule has 1 amide bonds. The second-order valence-electron chi connectivity index (χ2n) is 6.33. The monoisotopic (exact) mass is 407 g/mol. The number of hydrogen-bond acceptors (Lipinski definition) is 4. The average Bonchev–Trinajstić information content (AvgIpc) is 3.15. The van der Waals surface area contributed by atoms with E-state index in [1.807, 2.05) is 17.0 Å². The van der Waals surface area contributed by atoms with Crippen molar-refractivity contribution in [3.05, 3.63) is 65.6 Å². The van der Waals surface area contributed by atoms with Crippen molar-refractivity contribution in [1.29, 1.82) is 0 Å². The summed E-state index contributed by atoms with van der Waals surface area (Å²) in [6.45, 7) is 4.42. The number of carbonyl (C=O) groups excluding carboxylic acids is 1. The van der Waals surface area contributed by atoms with Crippen LogP contribution in [0.25, 0.3) is 5.65 Å². The van der Waals surface area contributed by atoms with Crippen LogP contribution in [-0.4, -0.2) is 45.0 Å². The van der Waals surface area contributed by atoms with Crippen molar-refractivity contribution in [2.45, 2.75) is 19.4 Å². The molecule has 1 aliphatic rings. The van der Waals surface area contributed by atoms with Crippen LogP contribution in [0, 0.1) is 0 Å². The van der Waals surface area contributed by atoms with E-state index in [9.17, 15) is 4.79 Å². The number of benzene rings is 1. The van der Waals surface area contributed by atoms with Crippen LogP contribution in [0.15, 0.2) is 48.9 Å². The Morgan fingerprint density at radius 2 is 1.96 bits per heavy atom. The number of pyridine rings is 1. The van der Waals surface area contributed by atoms with Crippen molar-refractivity contribution in [2.24, 2.45) is 0 Å². The molecule has 4 rings (SSSR count). The molecule has 1 N–H and O–H groups in total. The molecule has 1 fully saturated rings. The number of fused-ring (bicyclic) bond motifs is 1. The Morgan fingerprint density at radius 1 is 1.19 bits per heavy atom. The summed E-state index contributed by atoms with van der Waals surface area (Å²) in [7, 11) is 0. The van der Waals surface area contributed by atoms with E-state index in [2.05, 4.69) is 46.7 Å². The molecule has 1 saturated heterocycles. The Hall–Kier alpha value is -2.15.